The molecule has 0 radical (unpaired) electrons. The molecule has 4 aromatic rings. The fourth-order valence-corrected chi connectivity index (χ4v) is 4.15. The third-order valence-corrected chi connectivity index (χ3v) is 5.94. The van der Waals surface area contributed by atoms with Gasteiger partial charge in [0.25, 0.3) is 5.91 Å². The summed E-state index contributed by atoms with van der Waals surface area (Å²) in [5.74, 6) is 0.701. The molecule has 0 aliphatic heterocycles. The lowest BCUT2D eigenvalue weighted by Crippen LogP contribution is -2.22. The second-order valence-corrected chi connectivity index (χ2v) is 8.41. The summed E-state index contributed by atoms with van der Waals surface area (Å²) >= 11 is 1.43. The van der Waals surface area contributed by atoms with Crippen molar-refractivity contribution in [1.82, 2.24) is 14.3 Å². The van der Waals surface area contributed by atoms with E-state index in [4.69, 9.17) is 4.74 Å². The Labute approximate surface area is 190 Å². The number of aromatic nitrogens is 2. The number of carbonyl (C=O) groups is 2. The molecule has 0 fully saturated rings. The first-order valence-electron chi connectivity index (χ1n) is 10.2. The summed E-state index contributed by atoms with van der Waals surface area (Å²) in [6, 6.07) is 15.3. The second kappa shape index (κ2) is 9.23. The number of anilines is 1. The quantitative estimate of drug-likeness (QED) is 0.456. The highest BCUT2D eigenvalue weighted by Crippen LogP contribution is 2.25. The van der Waals surface area contributed by atoms with Gasteiger partial charge in [-0.3, -0.25) is 14.0 Å². The zero-order chi connectivity index (χ0) is 22.7. The number of nitrogens with one attached hydrogen (secondary N) is 1. The first-order valence-corrected chi connectivity index (χ1v) is 11.0. The van der Waals surface area contributed by atoms with Crippen molar-refractivity contribution in [3.05, 3.63) is 71.4 Å². The third kappa shape index (κ3) is 4.65. The Kier molecular flexibility index (Phi) is 6.23. The van der Waals surface area contributed by atoms with E-state index in [-0.39, 0.29) is 11.8 Å². The first-order chi connectivity index (χ1) is 15.4. The van der Waals surface area contributed by atoms with Gasteiger partial charge in [0.2, 0.25) is 5.91 Å². The molecule has 7 nitrogen and oxygen atoms in total. The van der Waals surface area contributed by atoms with Gasteiger partial charge < -0.3 is 15.0 Å². The molecule has 4 rings (SSSR count). The molecule has 164 valence electrons. The molecule has 2 heterocycles. The van der Waals surface area contributed by atoms with Crippen molar-refractivity contribution >= 4 is 33.8 Å². The van der Waals surface area contributed by atoms with Gasteiger partial charge in [-0.15, -0.1) is 11.3 Å². The number of rotatable bonds is 7. The lowest BCUT2D eigenvalue weighted by atomic mass is 10.1. The highest BCUT2D eigenvalue weighted by molar-refractivity contribution is 7.15. The van der Waals surface area contributed by atoms with Crippen molar-refractivity contribution in [2.45, 2.75) is 12.8 Å². The lowest BCUT2D eigenvalue weighted by molar-refractivity contribution is -0.116. The van der Waals surface area contributed by atoms with Crippen LogP contribution in [0.25, 0.3) is 16.2 Å². The van der Waals surface area contributed by atoms with Crippen LogP contribution in [-0.2, 0) is 11.2 Å². The van der Waals surface area contributed by atoms with E-state index in [1.807, 2.05) is 64.5 Å². The van der Waals surface area contributed by atoms with Gasteiger partial charge in [0, 0.05) is 43.3 Å². The summed E-state index contributed by atoms with van der Waals surface area (Å²) in [5.41, 5.74) is 4.11. The summed E-state index contributed by atoms with van der Waals surface area (Å²) in [6.45, 7) is 0. The first kappa shape index (κ1) is 21.6. The Morgan fingerprint density at radius 3 is 2.47 bits per heavy atom. The predicted octanol–water partition coefficient (Wildman–Crippen LogP) is 4.34. The Bertz CT molecular complexity index is 1240. The SMILES string of the molecule is COc1ccc(CCC(=O)Nc2ccc(-c3cn4c(C(=O)N(C)C)csc4n3)cc2)cc1. The van der Waals surface area contributed by atoms with Crippen molar-refractivity contribution in [2.24, 2.45) is 0 Å². The molecule has 0 aliphatic rings. The molecule has 0 unspecified atom stereocenters. The molecular weight excluding hydrogens is 424 g/mol. The van der Waals surface area contributed by atoms with Crippen LogP contribution in [0.15, 0.2) is 60.1 Å². The van der Waals surface area contributed by atoms with E-state index >= 15 is 0 Å². The Balaban J connectivity index is 1.39. The van der Waals surface area contributed by atoms with Crippen molar-refractivity contribution in [2.75, 3.05) is 26.5 Å². The standard InChI is InChI=1S/C24H24N4O3S/c1-27(2)23(30)21-15-32-24-26-20(14-28(21)24)17-7-9-18(10-8-17)25-22(29)13-6-16-4-11-19(31-3)12-5-16/h4-5,7-12,14-15H,6,13H2,1-3H3,(H,25,29). The molecule has 0 spiro atoms. The summed E-state index contributed by atoms with van der Waals surface area (Å²) in [5, 5.41) is 4.75. The summed E-state index contributed by atoms with van der Waals surface area (Å²) in [7, 11) is 5.09. The minimum atomic E-state index is -0.0621. The maximum absolute atomic E-state index is 12.3. The minimum Gasteiger partial charge on any atom is -0.497 e. The van der Waals surface area contributed by atoms with Gasteiger partial charge in [-0.05, 0) is 36.2 Å². The van der Waals surface area contributed by atoms with Crippen LogP contribution in [0.4, 0.5) is 5.69 Å². The molecule has 0 atom stereocenters. The number of aryl methyl sites for hydroxylation is 1. The molecule has 0 aliphatic carbocycles. The normalized spacial score (nSPS) is 10.8. The number of hydrogen-bond acceptors (Lipinski definition) is 5. The van der Waals surface area contributed by atoms with Gasteiger partial charge in [0.05, 0.1) is 12.8 Å². The number of hydrogen-bond donors (Lipinski definition) is 1. The van der Waals surface area contributed by atoms with Gasteiger partial charge in [-0.1, -0.05) is 24.3 Å². The van der Waals surface area contributed by atoms with Gasteiger partial charge in [-0.2, -0.15) is 0 Å². The fourth-order valence-electron chi connectivity index (χ4n) is 3.30. The number of amides is 2. The number of methoxy groups -OCH3 is 1. The number of thiazole rings is 1. The predicted molar refractivity (Wildman–Crippen MR) is 126 cm³/mol. The average Bonchev–Trinajstić information content (AvgIpc) is 3.39. The monoisotopic (exact) mass is 448 g/mol. The fraction of sp³-hybridized carbons (Fsp3) is 0.208. The molecule has 2 amide bonds. The molecule has 2 aromatic heterocycles. The van der Waals surface area contributed by atoms with Gasteiger partial charge in [-0.25, -0.2) is 4.98 Å². The van der Waals surface area contributed by atoms with Crippen LogP contribution >= 0.6 is 11.3 Å². The van der Waals surface area contributed by atoms with E-state index in [0.29, 0.717) is 18.5 Å². The Hall–Kier alpha value is -3.65. The van der Waals surface area contributed by atoms with Crippen LogP contribution in [0.5, 0.6) is 5.75 Å². The number of ether oxygens (including phenoxy) is 1. The van der Waals surface area contributed by atoms with Crippen LogP contribution in [0.3, 0.4) is 0 Å². The zero-order valence-corrected chi connectivity index (χ0v) is 19.0. The average molecular weight is 449 g/mol. The highest BCUT2D eigenvalue weighted by Gasteiger charge is 2.16. The van der Waals surface area contributed by atoms with Crippen LogP contribution in [0, 0.1) is 0 Å². The molecule has 8 heteroatoms. The number of carbonyl (C=O) groups excluding carboxylic acids is 2. The summed E-state index contributed by atoms with van der Waals surface area (Å²) in [4.78, 5) is 31.6. The zero-order valence-electron chi connectivity index (χ0n) is 18.2. The molecule has 0 saturated heterocycles. The number of imidazole rings is 1. The molecule has 0 bridgehead atoms. The lowest BCUT2D eigenvalue weighted by Gasteiger charge is -2.08. The van der Waals surface area contributed by atoms with Gasteiger partial charge in [0.1, 0.15) is 11.4 Å². The molecule has 32 heavy (non-hydrogen) atoms. The van der Waals surface area contributed by atoms with Crippen molar-refractivity contribution in [3.63, 3.8) is 0 Å². The van der Waals surface area contributed by atoms with Gasteiger partial charge in [0.15, 0.2) is 4.96 Å². The van der Waals surface area contributed by atoms with E-state index in [1.165, 1.54) is 11.3 Å². The maximum atomic E-state index is 12.3. The Morgan fingerprint density at radius 1 is 1.09 bits per heavy atom. The van der Waals surface area contributed by atoms with Crippen molar-refractivity contribution in [3.8, 4) is 17.0 Å². The largest absolute Gasteiger partial charge is 0.497 e. The summed E-state index contributed by atoms with van der Waals surface area (Å²) < 4.78 is 6.97. The number of fused-ring (bicyclic) bond motifs is 1. The second-order valence-electron chi connectivity index (χ2n) is 7.57. The van der Waals surface area contributed by atoms with E-state index in [9.17, 15) is 9.59 Å². The minimum absolute atomic E-state index is 0.0390. The maximum Gasteiger partial charge on any atom is 0.271 e. The summed E-state index contributed by atoms with van der Waals surface area (Å²) in [6.07, 6.45) is 2.92. The van der Waals surface area contributed by atoms with E-state index < -0.39 is 0 Å². The van der Waals surface area contributed by atoms with E-state index in [1.54, 1.807) is 26.1 Å². The van der Waals surface area contributed by atoms with Crippen molar-refractivity contribution < 1.29 is 14.3 Å². The van der Waals surface area contributed by atoms with Crippen LogP contribution in [0.1, 0.15) is 22.5 Å². The van der Waals surface area contributed by atoms with Crippen molar-refractivity contribution in [1.29, 1.82) is 0 Å². The molecular formula is C24H24N4O3S. The number of benzene rings is 2. The van der Waals surface area contributed by atoms with E-state index in [0.717, 1.165) is 33.2 Å². The number of nitrogens with zero attached hydrogens (tertiary/aromatic N) is 3. The van der Waals surface area contributed by atoms with Crippen LogP contribution in [0.2, 0.25) is 0 Å². The van der Waals surface area contributed by atoms with Gasteiger partial charge >= 0.3 is 0 Å². The van der Waals surface area contributed by atoms with E-state index in [2.05, 4.69) is 10.3 Å². The molecule has 1 N–H and O–H groups in total. The smallest absolute Gasteiger partial charge is 0.271 e. The highest BCUT2D eigenvalue weighted by atomic mass is 32.1. The molecule has 0 saturated carbocycles. The molecule has 2 aromatic carbocycles. The van der Waals surface area contributed by atoms with Crippen LogP contribution in [-0.4, -0.2) is 47.3 Å². The third-order valence-electron chi connectivity index (χ3n) is 5.10. The Morgan fingerprint density at radius 2 is 1.81 bits per heavy atom. The topological polar surface area (TPSA) is 75.9 Å². The van der Waals surface area contributed by atoms with Crippen LogP contribution < -0.4 is 10.1 Å².